The molecule has 2 nitrogen and oxygen atoms in total. The molecule has 108 valence electrons. The summed E-state index contributed by atoms with van der Waals surface area (Å²) >= 11 is 0. The molecule has 20 heavy (non-hydrogen) atoms. The van der Waals surface area contributed by atoms with Gasteiger partial charge in [0.2, 0.25) is 0 Å². The van der Waals surface area contributed by atoms with Gasteiger partial charge in [-0.05, 0) is 43.7 Å². The van der Waals surface area contributed by atoms with E-state index in [-0.39, 0.29) is 6.61 Å². The van der Waals surface area contributed by atoms with E-state index in [1.165, 1.54) is 25.7 Å². The van der Waals surface area contributed by atoms with Crippen LogP contribution in [-0.2, 0) is 0 Å². The summed E-state index contributed by atoms with van der Waals surface area (Å²) in [7, 11) is 0. The van der Waals surface area contributed by atoms with Crippen LogP contribution in [0.3, 0.4) is 0 Å². The van der Waals surface area contributed by atoms with E-state index >= 15 is 0 Å². The third-order valence-electron chi connectivity index (χ3n) is 3.99. The van der Waals surface area contributed by atoms with Crippen molar-refractivity contribution in [2.75, 3.05) is 6.61 Å². The standard InChI is InChI=1S/C18H24O2/c1-2-15-9-3-5-12-17(15)20-18-13-6-4-10-16(18)11-7-8-14-19/h4,6,10,13,15,17,19H,2-3,5,8-9,12,14H2,1H3. The van der Waals surface area contributed by atoms with E-state index in [1.807, 2.05) is 24.3 Å². The van der Waals surface area contributed by atoms with E-state index in [0.717, 1.165) is 17.7 Å². The number of ether oxygens (including phenoxy) is 1. The van der Waals surface area contributed by atoms with Crippen molar-refractivity contribution in [3.05, 3.63) is 29.8 Å². The van der Waals surface area contributed by atoms with Gasteiger partial charge in [0.25, 0.3) is 0 Å². The Labute approximate surface area is 122 Å². The van der Waals surface area contributed by atoms with Crippen molar-refractivity contribution in [2.45, 2.75) is 51.6 Å². The molecule has 1 aromatic rings. The van der Waals surface area contributed by atoms with Crippen molar-refractivity contribution in [1.82, 2.24) is 0 Å². The molecule has 1 N–H and O–H groups in total. The van der Waals surface area contributed by atoms with Crippen LogP contribution >= 0.6 is 0 Å². The number of rotatable bonds is 4. The first-order valence-corrected chi connectivity index (χ1v) is 7.70. The smallest absolute Gasteiger partial charge is 0.135 e. The molecule has 1 saturated carbocycles. The van der Waals surface area contributed by atoms with Crippen LogP contribution in [0.1, 0.15) is 51.0 Å². The Morgan fingerprint density at radius 1 is 1.25 bits per heavy atom. The first-order chi connectivity index (χ1) is 9.85. The molecular weight excluding hydrogens is 248 g/mol. The van der Waals surface area contributed by atoms with E-state index < -0.39 is 0 Å². The molecule has 2 heteroatoms. The third-order valence-corrected chi connectivity index (χ3v) is 3.99. The summed E-state index contributed by atoms with van der Waals surface area (Å²) in [6, 6.07) is 7.97. The maximum absolute atomic E-state index is 8.81. The molecule has 0 saturated heterocycles. The van der Waals surface area contributed by atoms with E-state index in [4.69, 9.17) is 9.84 Å². The van der Waals surface area contributed by atoms with Crippen molar-refractivity contribution in [1.29, 1.82) is 0 Å². The SMILES string of the molecule is CCC1CCCCC1Oc1ccccc1C#CCCO. The zero-order valence-corrected chi connectivity index (χ0v) is 12.3. The second-order valence-electron chi connectivity index (χ2n) is 5.38. The molecule has 2 atom stereocenters. The lowest BCUT2D eigenvalue weighted by Gasteiger charge is -2.31. The number of benzene rings is 1. The average Bonchev–Trinajstić information content (AvgIpc) is 2.50. The van der Waals surface area contributed by atoms with Gasteiger partial charge in [-0.25, -0.2) is 0 Å². The van der Waals surface area contributed by atoms with Crippen molar-refractivity contribution >= 4 is 0 Å². The molecule has 0 radical (unpaired) electrons. The van der Waals surface area contributed by atoms with Crippen LogP contribution in [0, 0.1) is 17.8 Å². The summed E-state index contributed by atoms with van der Waals surface area (Å²) in [6.45, 7) is 2.36. The highest BCUT2D eigenvalue weighted by atomic mass is 16.5. The van der Waals surface area contributed by atoms with Gasteiger partial charge in [-0.3, -0.25) is 0 Å². The Bertz CT molecular complexity index is 470. The topological polar surface area (TPSA) is 29.5 Å². The normalized spacial score (nSPS) is 21.9. The predicted molar refractivity (Wildman–Crippen MR) is 81.7 cm³/mol. The Kier molecular flexibility index (Phi) is 5.95. The van der Waals surface area contributed by atoms with Gasteiger partial charge >= 0.3 is 0 Å². The van der Waals surface area contributed by atoms with Gasteiger partial charge < -0.3 is 9.84 Å². The van der Waals surface area contributed by atoms with Gasteiger partial charge in [-0.2, -0.15) is 0 Å². The van der Waals surface area contributed by atoms with Crippen LogP contribution in [0.25, 0.3) is 0 Å². The molecule has 0 amide bonds. The van der Waals surface area contributed by atoms with Crippen molar-refractivity contribution in [3.8, 4) is 17.6 Å². The minimum absolute atomic E-state index is 0.108. The zero-order chi connectivity index (χ0) is 14.2. The second kappa shape index (κ2) is 7.97. The average molecular weight is 272 g/mol. The van der Waals surface area contributed by atoms with Crippen molar-refractivity contribution < 1.29 is 9.84 Å². The molecular formula is C18H24O2. The van der Waals surface area contributed by atoms with Crippen molar-refractivity contribution in [3.63, 3.8) is 0 Å². The Hall–Kier alpha value is -1.46. The van der Waals surface area contributed by atoms with Crippen LogP contribution in [-0.4, -0.2) is 17.8 Å². The maximum atomic E-state index is 8.81. The Balaban J connectivity index is 2.10. The van der Waals surface area contributed by atoms with E-state index in [0.29, 0.717) is 18.4 Å². The first-order valence-electron chi connectivity index (χ1n) is 7.70. The number of hydrogen-bond acceptors (Lipinski definition) is 2. The molecule has 1 aromatic carbocycles. The molecule has 1 aliphatic rings. The summed E-state index contributed by atoms with van der Waals surface area (Å²) in [5.41, 5.74) is 0.932. The highest BCUT2D eigenvalue weighted by Crippen LogP contribution is 2.31. The van der Waals surface area contributed by atoms with Gasteiger partial charge in [0.1, 0.15) is 11.9 Å². The molecule has 1 fully saturated rings. The van der Waals surface area contributed by atoms with Crippen LogP contribution in [0.5, 0.6) is 5.75 Å². The van der Waals surface area contributed by atoms with Gasteiger partial charge in [0.15, 0.2) is 0 Å². The summed E-state index contributed by atoms with van der Waals surface area (Å²) in [5, 5.41) is 8.81. The van der Waals surface area contributed by atoms with Gasteiger partial charge in [-0.15, -0.1) is 0 Å². The van der Waals surface area contributed by atoms with Gasteiger partial charge in [0, 0.05) is 6.42 Å². The van der Waals surface area contributed by atoms with Crippen LogP contribution in [0.15, 0.2) is 24.3 Å². The lowest BCUT2D eigenvalue weighted by atomic mass is 9.84. The zero-order valence-electron chi connectivity index (χ0n) is 12.3. The Morgan fingerprint density at radius 2 is 2.05 bits per heavy atom. The van der Waals surface area contributed by atoms with Crippen LogP contribution < -0.4 is 4.74 Å². The van der Waals surface area contributed by atoms with Gasteiger partial charge in [0.05, 0.1) is 12.2 Å². The highest BCUT2D eigenvalue weighted by Gasteiger charge is 2.25. The molecule has 2 rings (SSSR count). The second-order valence-corrected chi connectivity index (χ2v) is 5.38. The fourth-order valence-corrected chi connectivity index (χ4v) is 2.85. The number of hydrogen-bond donors (Lipinski definition) is 1. The number of aliphatic hydroxyl groups excluding tert-OH is 1. The monoisotopic (exact) mass is 272 g/mol. The molecule has 0 spiro atoms. The molecule has 0 aromatic heterocycles. The molecule has 2 unspecified atom stereocenters. The fourth-order valence-electron chi connectivity index (χ4n) is 2.85. The van der Waals surface area contributed by atoms with Crippen molar-refractivity contribution in [2.24, 2.45) is 5.92 Å². The third kappa shape index (κ3) is 4.02. The minimum atomic E-state index is 0.108. The summed E-state index contributed by atoms with van der Waals surface area (Å²) in [5.74, 6) is 7.64. The van der Waals surface area contributed by atoms with Crippen LogP contribution in [0.4, 0.5) is 0 Å². The van der Waals surface area contributed by atoms with Gasteiger partial charge in [-0.1, -0.05) is 37.3 Å². The number of aliphatic hydroxyl groups is 1. The predicted octanol–water partition coefficient (Wildman–Crippen LogP) is 3.77. The first kappa shape index (κ1) is 14.9. The largest absolute Gasteiger partial charge is 0.489 e. The molecule has 0 aliphatic heterocycles. The maximum Gasteiger partial charge on any atom is 0.135 e. The lowest BCUT2D eigenvalue weighted by molar-refractivity contribution is 0.0901. The highest BCUT2D eigenvalue weighted by molar-refractivity contribution is 5.46. The summed E-state index contributed by atoms with van der Waals surface area (Å²) in [4.78, 5) is 0. The minimum Gasteiger partial charge on any atom is -0.489 e. The van der Waals surface area contributed by atoms with E-state index in [2.05, 4.69) is 18.8 Å². The molecule has 1 aliphatic carbocycles. The Morgan fingerprint density at radius 3 is 2.85 bits per heavy atom. The van der Waals surface area contributed by atoms with E-state index in [1.54, 1.807) is 0 Å². The summed E-state index contributed by atoms with van der Waals surface area (Å²) in [6.07, 6.45) is 7.04. The quantitative estimate of drug-likeness (QED) is 0.845. The van der Waals surface area contributed by atoms with E-state index in [9.17, 15) is 0 Å². The summed E-state index contributed by atoms with van der Waals surface area (Å²) < 4.78 is 6.26. The number of para-hydroxylation sites is 1. The molecule has 0 bridgehead atoms. The molecule has 0 heterocycles. The fraction of sp³-hybridized carbons (Fsp3) is 0.556. The lowest BCUT2D eigenvalue weighted by Crippen LogP contribution is -2.30. The van der Waals surface area contributed by atoms with Crippen LogP contribution in [0.2, 0.25) is 0 Å².